The maximum atomic E-state index is 13.4. The van der Waals surface area contributed by atoms with Crippen LogP contribution in [0.5, 0.6) is 5.75 Å². The van der Waals surface area contributed by atoms with Gasteiger partial charge in [-0.3, -0.25) is 0 Å². The average Bonchev–Trinajstić information content (AvgIpc) is 2.60. The van der Waals surface area contributed by atoms with Crippen LogP contribution in [-0.2, 0) is 0 Å². The summed E-state index contributed by atoms with van der Waals surface area (Å²) < 4.78 is 18.9. The van der Waals surface area contributed by atoms with E-state index in [1.165, 1.54) is 12.1 Å². The summed E-state index contributed by atoms with van der Waals surface area (Å²) in [6.07, 6.45) is 2.68. The van der Waals surface area contributed by atoms with Crippen molar-refractivity contribution in [2.75, 3.05) is 18.5 Å². The highest BCUT2D eigenvalue weighted by molar-refractivity contribution is 6.31. The Kier molecular flexibility index (Phi) is 5.12. The van der Waals surface area contributed by atoms with Gasteiger partial charge in [0.25, 0.3) is 0 Å². The smallest absolute Gasteiger partial charge is 0.319 e. The Balaban J connectivity index is 1.16. The first-order chi connectivity index (χ1) is 13.4. The molecular weight excluding hydrogens is 404 g/mol. The molecule has 0 heterocycles. The fourth-order valence-electron chi connectivity index (χ4n) is 4.10. The molecule has 0 unspecified atom stereocenters. The van der Waals surface area contributed by atoms with Crippen molar-refractivity contribution in [1.29, 1.82) is 0 Å². The third-order valence-corrected chi connectivity index (χ3v) is 5.83. The number of benzene rings is 2. The molecule has 148 valence electrons. The number of carbonyl (C=O) groups excluding carboxylic acids is 1. The van der Waals surface area contributed by atoms with Crippen LogP contribution in [-0.4, -0.2) is 30.3 Å². The minimum Gasteiger partial charge on any atom is -0.492 e. The van der Waals surface area contributed by atoms with Crippen molar-refractivity contribution in [3.63, 3.8) is 0 Å². The fraction of sp³-hybridized carbons (Fsp3) is 0.350. The maximum Gasteiger partial charge on any atom is 0.319 e. The number of amides is 2. The molecular formula is C20H20Cl2FN3O2. The first kappa shape index (κ1) is 19.3. The van der Waals surface area contributed by atoms with E-state index in [-0.39, 0.29) is 22.1 Å². The number of anilines is 1. The van der Waals surface area contributed by atoms with Crippen LogP contribution in [0.3, 0.4) is 0 Å². The standard InChI is InChI=1S/C20H20Cl2FN3O2/c21-13-1-3-14(4-2-13)25-18(27)26-20-10-19(11-20,12-20)24-7-8-28-15-5-6-16(22)17(23)9-15/h1-6,9,24H,7-8,10-12H2,(H2,25,26,27). The van der Waals surface area contributed by atoms with Crippen LogP contribution < -0.4 is 20.7 Å². The Morgan fingerprint density at radius 3 is 2.46 bits per heavy atom. The van der Waals surface area contributed by atoms with Crippen molar-refractivity contribution in [1.82, 2.24) is 10.6 Å². The van der Waals surface area contributed by atoms with Crippen LogP contribution in [0.1, 0.15) is 19.3 Å². The van der Waals surface area contributed by atoms with Gasteiger partial charge in [-0.25, -0.2) is 9.18 Å². The van der Waals surface area contributed by atoms with E-state index >= 15 is 0 Å². The average molecular weight is 424 g/mol. The van der Waals surface area contributed by atoms with E-state index in [0.29, 0.717) is 29.6 Å². The van der Waals surface area contributed by atoms with E-state index in [1.807, 2.05) is 0 Å². The molecule has 8 heteroatoms. The summed E-state index contributed by atoms with van der Waals surface area (Å²) in [5, 5.41) is 10.1. The van der Waals surface area contributed by atoms with Crippen molar-refractivity contribution in [3.8, 4) is 5.75 Å². The number of ether oxygens (including phenoxy) is 1. The molecule has 5 rings (SSSR count). The second kappa shape index (κ2) is 7.43. The number of nitrogens with one attached hydrogen (secondary N) is 3. The highest BCUT2D eigenvalue weighted by atomic mass is 35.5. The van der Waals surface area contributed by atoms with E-state index in [4.69, 9.17) is 27.9 Å². The van der Waals surface area contributed by atoms with Gasteiger partial charge in [-0.2, -0.15) is 0 Å². The number of hydrogen-bond acceptors (Lipinski definition) is 3. The van der Waals surface area contributed by atoms with E-state index in [0.717, 1.165) is 19.3 Å². The molecule has 28 heavy (non-hydrogen) atoms. The molecule has 2 aromatic carbocycles. The molecule has 2 bridgehead atoms. The number of halogens is 3. The summed E-state index contributed by atoms with van der Waals surface area (Å²) in [6, 6.07) is 11.2. The Morgan fingerprint density at radius 2 is 1.79 bits per heavy atom. The second-order valence-electron chi connectivity index (χ2n) is 7.53. The summed E-state index contributed by atoms with van der Waals surface area (Å²) in [4.78, 5) is 12.2. The molecule has 0 radical (unpaired) electrons. The molecule has 0 spiro atoms. The van der Waals surface area contributed by atoms with Crippen molar-refractivity contribution >= 4 is 34.9 Å². The highest BCUT2D eigenvalue weighted by Crippen LogP contribution is 2.60. The lowest BCUT2D eigenvalue weighted by Gasteiger charge is -2.70. The third-order valence-electron chi connectivity index (χ3n) is 5.27. The van der Waals surface area contributed by atoms with E-state index in [1.54, 1.807) is 30.3 Å². The lowest BCUT2D eigenvalue weighted by molar-refractivity contribution is -0.0959. The van der Waals surface area contributed by atoms with Crippen LogP contribution in [0, 0.1) is 5.82 Å². The van der Waals surface area contributed by atoms with Crippen LogP contribution in [0.15, 0.2) is 42.5 Å². The molecule has 2 amide bonds. The molecule has 0 saturated heterocycles. The molecule has 2 aromatic rings. The zero-order valence-corrected chi connectivity index (χ0v) is 16.5. The molecule has 0 atom stereocenters. The van der Waals surface area contributed by atoms with E-state index < -0.39 is 5.82 Å². The Labute approximate surface area is 172 Å². The second-order valence-corrected chi connectivity index (χ2v) is 8.37. The van der Waals surface area contributed by atoms with Gasteiger partial charge < -0.3 is 20.7 Å². The Bertz CT molecular complexity index is 872. The van der Waals surface area contributed by atoms with Gasteiger partial charge in [0, 0.05) is 34.4 Å². The predicted molar refractivity (Wildman–Crippen MR) is 108 cm³/mol. The van der Waals surface area contributed by atoms with Gasteiger partial charge >= 0.3 is 6.03 Å². The SMILES string of the molecule is O=C(Nc1ccc(Cl)cc1)NC12CC(NCCOc3ccc(Cl)c(F)c3)(C1)C2. The number of carbonyl (C=O) groups is 1. The predicted octanol–water partition coefficient (Wildman–Crippen LogP) is 4.60. The summed E-state index contributed by atoms with van der Waals surface area (Å²) in [5.74, 6) is -0.0326. The number of urea groups is 1. The molecule has 0 aromatic heterocycles. The molecule has 5 nitrogen and oxygen atoms in total. The molecule has 3 fully saturated rings. The zero-order valence-electron chi connectivity index (χ0n) is 15.0. The van der Waals surface area contributed by atoms with Crippen molar-refractivity contribution in [3.05, 3.63) is 58.3 Å². The zero-order chi connectivity index (χ0) is 19.8. The Morgan fingerprint density at radius 1 is 1.07 bits per heavy atom. The van der Waals surface area contributed by atoms with E-state index in [2.05, 4.69) is 16.0 Å². The van der Waals surface area contributed by atoms with Crippen LogP contribution in [0.2, 0.25) is 10.0 Å². The molecule has 3 aliphatic rings. The van der Waals surface area contributed by atoms with Crippen LogP contribution in [0.25, 0.3) is 0 Å². The lowest BCUT2D eigenvalue weighted by atomic mass is 9.44. The maximum absolute atomic E-state index is 13.4. The van der Waals surface area contributed by atoms with Gasteiger partial charge in [0.15, 0.2) is 0 Å². The van der Waals surface area contributed by atoms with E-state index in [9.17, 15) is 9.18 Å². The molecule has 3 saturated carbocycles. The summed E-state index contributed by atoms with van der Waals surface area (Å²) in [7, 11) is 0. The van der Waals surface area contributed by atoms with Gasteiger partial charge in [-0.05, 0) is 55.7 Å². The van der Waals surface area contributed by atoms with Crippen molar-refractivity contribution < 1.29 is 13.9 Å². The largest absolute Gasteiger partial charge is 0.492 e. The number of rotatable bonds is 7. The van der Waals surface area contributed by atoms with Crippen LogP contribution in [0.4, 0.5) is 14.9 Å². The van der Waals surface area contributed by atoms with Gasteiger partial charge in [0.2, 0.25) is 0 Å². The quantitative estimate of drug-likeness (QED) is 0.570. The van der Waals surface area contributed by atoms with Crippen LogP contribution >= 0.6 is 23.2 Å². The van der Waals surface area contributed by atoms with Gasteiger partial charge in [0.05, 0.1) is 5.02 Å². The summed E-state index contributed by atoms with van der Waals surface area (Å²) >= 11 is 11.5. The monoisotopic (exact) mass is 423 g/mol. The minimum atomic E-state index is -0.489. The molecule has 3 N–H and O–H groups in total. The lowest BCUT2D eigenvalue weighted by Crippen LogP contribution is -2.83. The highest BCUT2D eigenvalue weighted by Gasteiger charge is 2.68. The van der Waals surface area contributed by atoms with Gasteiger partial charge in [-0.15, -0.1) is 0 Å². The minimum absolute atomic E-state index is 0.0716. The molecule has 3 aliphatic carbocycles. The van der Waals surface area contributed by atoms with Crippen molar-refractivity contribution in [2.24, 2.45) is 0 Å². The normalized spacial score (nSPS) is 24.7. The summed E-state index contributed by atoms with van der Waals surface area (Å²) in [6.45, 7) is 1.08. The first-order valence-corrected chi connectivity index (χ1v) is 9.80. The van der Waals surface area contributed by atoms with Gasteiger partial charge in [0.1, 0.15) is 18.2 Å². The third kappa shape index (κ3) is 4.04. The number of hydrogen-bond donors (Lipinski definition) is 3. The first-order valence-electron chi connectivity index (χ1n) is 9.05. The topological polar surface area (TPSA) is 62.4 Å². The summed E-state index contributed by atoms with van der Waals surface area (Å²) in [5.41, 5.74) is 0.656. The van der Waals surface area contributed by atoms with Crippen molar-refractivity contribution in [2.45, 2.75) is 30.3 Å². The van der Waals surface area contributed by atoms with Gasteiger partial charge in [-0.1, -0.05) is 23.2 Å². The molecule has 0 aliphatic heterocycles. The fourth-order valence-corrected chi connectivity index (χ4v) is 4.34. The Hall–Kier alpha value is -2.02.